The highest BCUT2D eigenvalue weighted by Crippen LogP contribution is 2.40. The Morgan fingerprint density at radius 1 is 1.32 bits per heavy atom. The van der Waals surface area contributed by atoms with Crippen molar-refractivity contribution < 1.29 is 4.74 Å². The van der Waals surface area contributed by atoms with Crippen LogP contribution in [0.3, 0.4) is 0 Å². The summed E-state index contributed by atoms with van der Waals surface area (Å²) in [5.41, 5.74) is 3.00. The fourth-order valence-electron chi connectivity index (χ4n) is 4.55. The second-order valence-corrected chi connectivity index (χ2v) is 7.80. The molecule has 3 atom stereocenters. The Morgan fingerprint density at radius 2 is 2.18 bits per heavy atom. The fraction of sp³-hybridized carbons (Fsp3) is 0.684. The molecule has 1 heterocycles. The molecule has 0 N–H and O–H groups in total. The average molecular weight is 320 g/mol. The number of methoxy groups -OCH3 is 1. The summed E-state index contributed by atoms with van der Waals surface area (Å²) in [7, 11) is 1.81. The molecule has 0 bridgehead atoms. The van der Waals surface area contributed by atoms with Gasteiger partial charge in [-0.3, -0.25) is 4.90 Å². The number of ether oxygens (including phenoxy) is 1. The molecule has 1 aliphatic carbocycles. The van der Waals surface area contributed by atoms with Crippen LogP contribution in [0.2, 0.25) is 0 Å². The molecule has 0 radical (unpaired) electrons. The Bertz CT molecular complexity index is 504. The minimum absolute atomic E-state index is 0.748. The van der Waals surface area contributed by atoms with Crippen LogP contribution >= 0.6 is 11.8 Å². The zero-order valence-electron chi connectivity index (χ0n) is 14.2. The van der Waals surface area contributed by atoms with Crippen LogP contribution < -0.4 is 4.74 Å². The van der Waals surface area contributed by atoms with Crippen LogP contribution in [-0.2, 0) is 12.8 Å². The molecule has 3 rings (SSSR count). The first-order valence-corrected chi connectivity index (χ1v) is 10.0. The Kier molecular flexibility index (Phi) is 5.35. The molecule has 1 aromatic carbocycles. The average Bonchev–Trinajstić information content (AvgIpc) is 2.53. The van der Waals surface area contributed by atoms with E-state index in [9.17, 15) is 0 Å². The number of hydrogen-bond donors (Lipinski definition) is 0. The van der Waals surface area contributed by atoms with Crippen LogP contribution in [0, 0.1) is 11.8 Å². The lowest BCUT2D eigenvalue weighted by Gasteiger charge is -2.47. The molecule has 1 aromatic rings. The topological polar surface area (TPSA) is 12.5 Å². The lowest BCUT2D eigenvalue weighted by molar-refractivity contribution is 0.0558. The molecule has 22 heavy (non-hydrogen) atoms. The van der Waals surface area contributed by atoms with E-state index in [0.29, 0.717) is 0 Å². The van der Waals surface area contributed by atoms with Crippen molar-refractivity contribution in [3.63, 3.8) is 0 Å². The van der Waals surface area contributed by atoms with Crippen molar-refractivity contribution in [3.8, 4) is 5.75 Å². The predicted molar refractivity (Wildman–Crippen MR) is 96.0 cm³/mol. The van der Waals surface area contributed by atoms with Gasteiger partial charge in [-0.25, -0.2) is 0 Å². The maximum atomic E-state index is 5.62. The minimum atomic E-state index is 0.748. The van der Waals surface area contributed by atoms with Gasteiger partial charge in [0.05, 0.1) is 7.11 Å². The Balaban J connectivity index is 1.85. The smallest absolute Gasteiger partial charge is 0.122 e. The summed E-state index contributed by atoms with van der Waals surface area (Å²) in [6, 6.07) is 7.34. The zero-order valence-corrected chi connectivity index (χ0v) is 15.0. The first-order chi connectivity index (χ1) is 10.8. The summed E-state index contributed by atoms with van der Waals surface area (Å²) in [5, 5.41) is 0. The molecule has 122 valence electrons. The summed E-state index contributed by atoms with van der Waals surface area (Å²) < 4.78 is 5.62. The Morgan fingerprint density at radius 3 is 2.91 bits per heavy atom. The fourth-order valence-corrected chi connectivity index (χ4v) is 5.27. The first-order valence-electron chi connectivity index (χ1n) is 8.64. The van der Waals surface area contributed by atoms with Crippen molar-refractivity contribution in [3.05, 3.63) is 29.3 Å². The van der Waals surface area contributed by atoms with Gasteiger partial charge < -0.3 is 4.74 Å². The molecule has 2 aliphatic rings. The highest BCUT2D eigenvalue weighted by atomic mass is 32.2. The van der Waals surface area contributed by atoms with Crippen LogP contribution in [0.5, 0.6) is 5.75 Å². The molecule has 1 saturated heterocycles. The summed E-state index contributed by atoms with van der Waals surface area (Å²) in [5.74, 6) is 4.08. The normalized spacial score (nSPS) is 28.0. The zero-order chi connectivity index (χ0) is 15.5. The van der Waals surface area contributed by atoms with E-state index < -0.39 is 0 Å². The second-order valence-electron chi connectivity index (χ2n) is 6.89. The maximum absolute atomic E-state index is 5.62. The number of thioether (sulfide) groups is 1. The maximum Gasteiger partial charge on any atom is 0.122 e. The Labute approximate surface area is 139 Å². The molecule has 3 unspecified atom stereocenters. The number of nitrogens with zero attached hydrogens (tertiary/aromatic N) is 1. The van der Waals surface area contributed by atoms with Gasteiger partial charge in [0.15, 0.2) is 0 Å². The summed E-state index contributed by atoms with van der Waals surface area (Å²) in [4.78, 5) is 2.79. The van der Waals surface area contributed by atoms with Crippen LogP contribution in [0.15, 0.2) is 18.2 Å². The first kappa shape index (κ1) is 16.2. The molecule has 0 saturated carbocycles. The lowest BCUT2D eigenvalue weighted by atomic mass is 9.72. The number of fused-ring (bicyclic) bond motifs is 2. The van der Waals surface area contributed by atoms with Crippen molar-refractivity contribution >= 4 is 11.8 Å². The molecule has 2 nitrogen and oxygen atoms in total. The third-order valence-electron chi connectivity index (χ3n) is 5.40. The van der Waals surface area contributed by atoms with Crippen molar-refractivity contribution in [2.24, 2.45) is 11.8 Å². The van der Waals surface area contributed by atoms with E-state index in [1.165, 1.54) is 55.7 Å². The predicted octanol–water partition coefficient (Wildman–Crippen LogP) is 3.87. The van der Waals surface area contributed by atoms with Crippen molar-refractivity contribution in [2.45, 2.75) is 38.6 Å². The molecule has 1 fully saturated rings. The van der Waals surface area contributed by atoms with E-state index in [2.05, 4.69) is 36.3 Å². The third kappa shape index (κ3) is 3.16. The van der Waals surface area contributed by atoms with Gasteiger partial charge in [0.2, 0.25) is 0 Å². The molecule has 3 heteroatoms. The van der Waals surface area contributed by atoms with E-state index in [-0.39, 0.29) is 0 Å². The van der Waals surface area contributed by atoms with Gasteiger partial charge in [-0.1, -0.05) is 19.1 Å². The largest absolute Gasteiger partial charge is 0.496 e. The number of hydrogen-bond acceptors (Lipinski definition) is 3. The van der Waals surface area contributed by atoms with Crippen molar-refractivity contribution in [2.75, 3.05) is 32.2 Å². The van der Waals surface area contributed by atoms with Gasteiger partial charge in [-0.05, 0) is 73.3 Å². The highest BCUT2D eigenvalue weighted by Gasteiger charge is 2.39. The molecule has 0 amide bonds. The van der Waals surface area contributed by atoms with Gasteiger partial charge in [0.25, 0.3) is 0 Å². The molecular formula is C19H29NOS. The van der Waals surface area contributed by atoms with E-state index in [1.807, 2.05) is 18.9 Å². The van der Waals surface area contributed by atoms with Crippen LogP contribution in [0.25, 0.3) is 0 Å². The van der Waals surface area contributed by atoms with Gasteiger partial charge >= 0.3 is 0 Å². The summed E-state index contributed by atoms with van der Waals surface area (Å²) in [6.07, 6.45) is 7.32. The SMILES string of the molecule is CCCN1CC(CSC)CC2Cc3c(cccc3OC)CC21. The number of likely N-dealkylation sites (tertiary alicyclic amines) is 1. The molecule has 0 aromatic heterocycles. The number of rotatable bonds is 5. The molecule has 0 spiro atoms. The standard InChI is InChI=1S/C19H29NOS/c1-4-8-20-12-14(13-22-3)9-16-10-17-15(11-18(16)20)6-5-7-19(17)21-2/h5-7,14,16,18H,4,8-13H2,1-3H3. The molecule has 1 aliphatic heterocycles. The lowest BCUT2D eigenvalue weighted by Crippen LogP contribution is -2.52. The van der Waals surface area contributed by atoms with Crippen LogP contribution in [-0.4, -0.2) is 43.1 Å². The number of benzene rings is 1. The van der Waals surface area contributed by atoms with E-state index in [1.54, 1.807) is 0 Å². The molecular weight excluding hydrogens is 290 g/mol. The van der Waals surface area contributed by atoms with Gasteiger partial charge in [0, 0.05) is 12.6 Å². The Hall–Kier alpha value is -0.670. The minimum Gasteiger partial charge on any atom is -0.496 e. The summed E-state index contributed by atoms with van der Waals surface area (Å²) >= 11 is 2.01. The quantitative estimate of drug-likeness (QED) is 0.817. The van der Waals surface area contributed by atoms with Crippen molar-refractivity contribution in [1.29, 1.82) is 0 Å². The van der Waals surface area contributed by atoms with E-state index in [4.69, 9.17) is 4.74 Å². The number of piperidine rings is 1. The van der Waals surface area contributed by atoms with Gasteiger partial charge in [-0.2, -0.15) is 11.8 Å². The second kappa shape index (κ2) is 7.27. The van der Waals surface area contributed by atoms with E-state index >= 15 is 0 Å². The van der Waals surface area contributed by atoms with Crippen molar-refractivity contribution in [1.82, 2.24) is 4.90 Å². The van der Waals surface area contributed by atoms with Gasteiger partial charge in [0.1, 0.15) is 5.75 Å². The third-order valence-corrected chi connectivity index (χ3v) is 6.21. The summed E-state index contributed by atoms with van der Waals surface area (Å²) in [6.45, 7) is 4.87. The highest BCUT2D eigenvalue weighted by molar-refractivity contribution is 7.98. The van der Waals surface area contributed by atoms with Gasteiger partial charge in [-0.15, -0.1) is 0 Å². The monoisotopic (exact) mass is 319 g/mol. The van der Waals surface area contributed by atoms with E-state index in [0.717, 1.165) is 23.6 Å². The van der Waals surface area contributed by atoms with Crippen LogP contribution in [0.4, 0.5) is 0 Å². The van der Waals surface area contributed by atoms with Crippen LogP contribution in [0.1, 0.15) is 30.9 Å².